The predicted molar refractivity (Wildman–Crippen MR) is 103 cm³/mol. The summed E-state index contributed by atoms with van der Waals surface area (Å²) in [5, 5.41) is 3.67. The molecule has 4 nitrogen and oxygen atoms in total. The van der Waals surface area contributed by atoms with Crippen molar-refractivity contribution in [3.8, 4) is 0 Å². The fraction of sp³-hybridized carbons (Fsp3) is 0.350. The van der Waals surface area contributed by atoms with Crippen molar-refractivity contribution in [2.75, 3.05) is 31.1 Å². The van der Waals surface area contributed by atoms with E-state index in [0.717, 1.165) is 42.5 Å². The molecule has 2 aromatic rings. The number of halogens is 2. The van der Waals surface area contributed by atoms with E-state index in [1.54, 1.807) is 12.1 Å². The van der Waals surface area contributed by atoms with E-state index in [2.05, 4.69) is 15.1 Å². The van der Waals surface area contributed by atoms with Gasteiger partial charge in [-0.25, -0.2) is 4.39 Å². The second-order valence-electron chi connectivity index (χ2n) is 6.52. The molecule has 1 atom stereocenters. The largest absolute Gasteiger partial charge is 0.369 e. The maximum atomic E-state index is 12.9. The zero-order valence-corrected chi connectivity index (χ0v) is 15.5. The van der Waals surface area contributed by atoms with Gasteiger partial charge in [0.2, 0.25) is 5.91 Å². The van der Waals surface area contributed by atoms with Gasteiger partial charge in [-0.1, -0.05) is 23.7 Å². The molecule has 1 N–H and O–H groups in total. The van der Waals surface area contributed by atoms with Gasteiger partial charge >= 0.3 is 0 Å². The molecule has 0 aromatic heterocycles. The van der Waals surface area contributed by atoms with Crippen LogP contribution in [0, 0.1) is 5.82 Å². The first-order valence-electron chi connectivity index (χ1n) is 8.79. The highest BCUT2D eigenvalue weighted by atomic mass is 35.5. The van der Waals surface area contributed by atoms with Crippen molar-refractivity contribution < 1.29 is 9.18 Å². The molecule has 1 amide bonds. The fourth-order valence-corrected chi connectivity index (χ4v) is 3.25. The van der Waals surface area contributed by atoms with E-state index >= 15 is 0 Å². The summed E-state index contributed by atoms with van der Waals surface area (Å²) in [4.78, 5) is 16.9. The number of anilines is 1. The second-order valence-corrected chi connectivity index (χ2v) is 6.96. The minimum atomic E-state index is -0.271. The molecule has 0 bridgehead atoms. The van der Waals surface area contributed by atoms with Crippen LogP contribution in [-0.4, -0.2) is 43.0 Å². The maximum absolute atomic E-state index is 12.9. The second kappa shape index (κ2) is 8.52. The van der Waals surface area contributed by atoms with Gasteiger partial charge in [0.1, 0.15) is 5.82 Å². The monoisotopic (exact) mass is 375 g/mol. The molecule has 0 unspecified atom stereocenters. The average molecular weight is 376 g/mol. The minimum Gasteiger partial charge on any atom is -0.369 e. The highest BCUT2D eigenvalue weighted by Crippen LogP contribution is 2.20. The standard InChI is InChI=1S/C20H23ClFN3O/c1-15(20(26)23-14-16-2-6-18(22)7-3-16)24-10-12-25(13-11-24)19-8-4-17(21)5-9-19/h2-9,15H,10-14H2,1H3,(H,23,26)/t15-/m0/s1. The number of carbonyl (C=O) groups is 1. The highest BCUT2D eigenvalue weighted by Gasteiger charge is 2.25. The summed E-state index contributed by atoms with van der Waals surface area (Å²) in [6, 6.07) is 13.8. The third-order valence-corrected chi connectivity index (χ3v) is 5.07. The summed E-state index contributed by atoms with van der Waals surface area (Å²) < 4.78 is 12.9. The Hall–Kier alpha value is -2.11. The van der Waals surface area contributed by atoms with Gasteiger partial charge in [0.25, 0.3) is 0 Å². The van der Waals surface area contributed by atoms with Crippen molar-refractivity contribution in [3.63, 3.8) is 0 Å². The van der Waals surface area contributed by atoms with Crippen LogP contribution in [0.15, 0.2) is 48.5 Å². The topological polar surface area (TPSA) is 35.6 Å². The number of amides is 1. The van der Waals surface area contributed by atoms with E-state index in [0.29, 0.717) is 6.54 Å². The molecule has 2 aromatic carbocycles. The Morgan fingerprint density at radius 1 is 1.08 bits per heavy atom. The number of hydrogen-bond donors (Lipinski definition) is 1. The summed E-state index contributed by atoms with van der Waals surface area (Å²) >= 11 is 5.94. The van der Waals surface area contributed by atoms with Gasteiger partial charge < -0.3 is 10.2 Å². The highest BCUT2D eigenvalue weighted by molar-refractivity contribution is 6.30. The number of nitrogens with one attached hydrogen (secondary N) is 1. The third-order valence-electron chi connectivity index (χ3n) is 4.81. The van der Waals surface area contributed by atoms with Crippen molar-refractivity contribution in [1.29, 1.82) is 0 Å². The van der Waals surface area contributed by atoms with Gasteiger partial charge in [-0.05, 0) is 48.9 Å². The van der Waals surface area contributed by atoms with Gasteiger partial charge in [0, 0.05) is 43.4 Å². The van der Waals surface area contributed by atoms with Crippen LogP contribution in [0.4, 0.5) is 10.1 Å². The zero-order valence-electron chi connectivity index (χ0n) is 14.8. The van der Waals surface area contributed by atoms with Crippen molar-refractivity contribution in [2.24, 2.45) is 0 Å². The number of nitrogens with zero attached hydrogens (tertiary/aromatic N) is 2. The SMILES string of the molecule is C[C@@H](C(=O)NCc1ccc(F)cc1)N1CCN(c2ccc(Cl)cc2)CC1. The number of rotatable bonds is 5. The summed E-state index contributed by atoms with van der Waals surface area (Å²) in [5.74, 6) is -0.277. The molecule has 1 aliphatic rings. The Morgan fingerprint density at radius 2 is 1.69 bits per heavy atom. The lowest BCUT2D eigenvalue weighted by Gasteiger charge is -2.38. The van der Waals surface area contributed by atoms with Crippen molar-refractivity contribution >= 4 is 23.2 Å². The first kappa shape index (κ1) is 18.7. The fourth-order valence-electron chi connectivity index (χ4n) is 3.12. The summed E-state index contributed by atoms with van der Waals surface area (Å²) in [7, 11) is 0. The molecule has 138 valence electrons. The van der Waals surface area contributed by atoms with E-state index in [4.69, 9.17) is 11.6 Å². The molecule has 26 heavy (non-hydrogen) atoms. The first-order valence-corrected chi connectivity index (χ1v) is 9.17. The first-order chi connectivity index (χ1) is 12.5. The van der Waals surface area contributed by atoms with Crippen molar-refractivity contribution in [3.05, 3.63) is 64.9 Å². The van der Waals surface area contributed by atoms with Crippen LogP contribution in [0.5, 0.6) is 0 Å². The molecular formula is C20H23ClFN3O. The Balaban J connectivity index is 1.48. The van der Waals surface area contributed by atoms with E-state index in [1.807, 2.05) is 31.2 Å². The molecule has 6 heteroatoms. The average Bonchev–Trinajstić information content (AvgIpc) is 2.67. The third kappa shape index (κ3) is 4.74. The molecule has 1 heterocycles. The van der Waals surface area contributed by atoms with Crippen LogP contribution >= 0.6 is 11.6 Å². The molecule has 1 fully saturated rings. The lowest BCUT2D eigenvalue weighted by molar-refractivity contribution is -0.126. The van der Waals surface area contributed by atoms with Gasteiger partial charge in [0.15, 0.2) is 0 Å². The molecular weight excluding hydrogens is 353 g/mol. The zero-order chi connectivity index (χ0) is 18.5. The number of benzene rings is 2. The van der Waals surface area contributed by atoms with Crippen molar-refractivity contribution in [1.82, 2.24) is 10.2 Å². The normalized spacial score (nSPS) is 16.3. The van der Waals surface area contributed by atoms with Crippen LogP contribution < -0.4 is 10.2 Å². The number of hydrogen-bond acceptors (Lipinski definition) is 3. The smallest absolute Gasteiger partial charge is 0.237 e. The Bertz CT molecular complexity index is 728. The van der Waals surface area contributed by atoms with Crippen LogP contribution in [0.2, 0.25) is 5.02 Å². The Morgan fingerprint density at radius 3 is 2.31 bits per heavy atom. The lowest BCUT2D eigenvalue weighted by atomic mass is 10.2. The lowest BCUT2D eigenvalue weighted by Crippen LogP contribution is -2.53. The minimum absolute atomic E-state index is 0.00531. The van der Waals surface area contributed by atoms with Gasteiger partial charge in [-0.2, -0.15) is 0 Å². The van der Waals surface area contributed by atoms with Crippen LogP contribution in [0.1, 0.15) is 12.5 Å². The van der Waals surface area contributed by atoms with Gasteiger partial charge in [-0.3, -0.25) is 9.69 Å². The summed E-state index contributed by atoms with van der Waals surface area (Å²) in [5.41, 5.74) is 2.04. The maximum Gasteiger partial charge on any atom is 0.237 e. The van der Waals surface area contributed by atoms with Gasteiger partial charge in [-0.15, -0.1) is 0 Å². The Labute approximate surface area is 158 Å². The molecule has 3 rings (SSSR count). The molecule has 0 spiro atoms. The van der Waals surface area contributed by atoms with E-state index in [-0.39, 0.29) is 17.8 Å². The molecule has 0 saturated carbocycles. The number of carbonyl (C=O) groups excluding carboxylic acids is 1. The number of piperazine rings is 1. The summed E-state index contributed by atoms with van der Waals surface area (Å²) in [6.45, 7) is 5.74. The van der Waals surface area contributed by atoms with Crippen LogP contribution in [-0.2, 0) is 11.3 Å². The Kier molecular flexibility index (Phi) is 6.12. The van der Waals surface area contributed by atoms with E-state index in [9.17, 15) is 9.18 Å². The van der Waals surface area contributed by atoms with Crippen LogP contribution in [0.25, 0.3) is 0 Å². The van der Waals surface area contributed by atoms with Crippen molar-refractivity contribution in [2.45, 2.75) is 19.5 Å². The van der Waals surface area contributed by atoms with Gasteiger partial charge in [0.05, 0.1) is 6.04 Å². The molecule has 1 aliphatic heterocycles. The van der Waals surface area contributed by atoms with Crippen LogP contribution in [0.3, 0.4) is 0 Å². The molecule has 1 saturated heterocycles. The predicted octanol–water partition coefficient (Wildman–Crippen LogP) is 3.31. The molecule has 0 aliphatic carbocycles. The van der Waals surface area contributed by atoms with E-state index < -0.39 is 0 Å². The molecule has 0 radical (unpaired) electrons. The summed E-state index contributed by atoms with van der Waals surface area (Å²) in [6.07, 6.45) is 0. The van der Waals surface area contributed by atoms with E-state index in [1.165, 1.54) is 12.1 Å². The quantitative estimate of drug-likeness (QED) is 0.870.